The molecule has 24 heavy (non-hydrogen) atoms. The van der Waals surface area contributed by atoms with Gasteiger partial charge in [-0.25, -0.2) is 19.6 Å². The van der Waals surface area contributed by atoms with E-state index in [-0.39, 0.29) is 23.0 Å². The van der Waals surface area contributed by atoms with Crippen LogP contribution in [-0.4, -0.2) is 32.0 Å². The van der Waals surface area contributed by atoms with Crippen molar-refractivity contribution in [1.82, 2.24) is 19.9 Å². The minimum atomic E-state index is -0.760. The van der Waals surface area contributed by atoms with Gasteiger partial charge in [0.25, 0.3) is 11.1 Å². The molecule has 128 valence electrons. The molecule has 0 saturated carbocycles. The normalized spacial score (nSPS) is 9.42. The Morgan fingerprint density at radius 2 is 1.21 bits per heavy atom. The highest BCUT2D eigenvalue weighted by molar-refractivity contribution is 5.86. The Morgan fingerprint density at radius 1 is 0.875 bits per heavy atom. The zero-order valence-electron chi connectivity index (χ0n) is 12.8. The third-order valence-corrected chi connectivity index (χ3v) is 2.22. The zero-order valence-corrected chi connectivity index (χ0v) is 12.8. The molecule has 12 nitrogen and oxygen atoms in total. The molecule has 0 radical (unpaired) electrons. The first-order chi connectivity index (χ1) is 11.2. The summed E-state index contributed by atoms with van der Waals surface area (Å²) in [6.45, 7) is 3.28. The van der Waals surface area contributed by atoms with Gasteiger partial charge in [0.05, 0.1) is 0 Å². The molecule has 8 N–H and O–H groups in total. The highest BCUT2D eigenvalue weighted by Gasteiger charge is 1.99. The highest BCUT2D eigenvalue weighted by atomic mass is 16.2. The predicted molar refractivity (Wildman–Crippen MR) is 85.6 cm³/mol. The summed E-state index contributed by atoms with van der Waals surface area (Å²) in [5.74, 6) is 0.125. The van der Waals surface area contributed by atoms with Crippen LogP contribution in [-0.2, 0) is 0 Å². The number of aromatic amines is 2. The standard InChI is InChI=1S/2C6H8N4O2/c2*1-3-2-4(11)9-6(8-3)10-5(7)12/h2*2H,1H3,(H4,7,8,9,10,11,12). The maximum absolute atomic E-state index is 10.8. The highest BCUT2D eigenvalue weighted by Crippen LogP contribution is 1.94. The Labute approximate surface area is 134 Å². The van der Waals surface area contributed by atoms with Crippen LogP contribution in [0.4, 0.5) is 21.5 Å². The van der Waals surface area contributed by atoms with E-state index in [9.17, 15) is 19.2 Å². The average Bonchev–Trinajstić information content (AvgIpc) is 2.34. The summed E-state index contributed by atoms with van der Waals surface area (Å²) in [5.41, 5.74) is 10.0. The second-order valence-electron chi connectivity index (χ2n) is 4.45. The van der Waals surface area contributed by atoms with Gasteiger partial charge < -0.3 is 11.5 Å². The van der Waals surface area contributed by atoms with E-state index in [1.165, 1.54) is 12.1 Å². The molecule has 4 amide bonds. The van der Waals surface area contributed by atoms with E-state index in [2.05, 4.69) is 30.6 Å². The lowest BCUT2D eigenvalue weighted by atomic mass is 10.4. The van der Waals surface area contributed by atoms with Gasteiger partial charge in [-0.2, -0.15) is 0 Å². The second kappa shape index (κ2) is 8.07. The predicted octanol–water partition coefficient (Wildman–Crippen LogP) is -0.862. The van der Waals surface area contributed by atoms with Crippen molar-refractivity contribution in [3.63, 3.8) is 0 Å². The van der Waals surface area contributed by atoms with E-state index in [4.69, 9.17) is 11.5 Å². The minimum Gasteiger partial charge on any atom is -0.351 e. The van der Waals surface area contributed by atoms with Crippen molar-refractivity contribution in [3.05, 3.63) is 44.2 Å². The smallest absolute Gasteiger partial charge is 0.318 e. The van der Waals surface area contributed by atoms with Gasteiger partial charge in [0, 0.05) is 23.5 Å². The van der Waals surface area contributed by atoms with Crippen molar-refractivity contribution < 1.29 is 9.59 Å². The van der Waals surface area contributed by atoms with Crippen LogP contribution in [0.2, 0.25) is 0 Å². The largest absolute Gasteiger partial charge is 0.351 e. The van der Waals surface area contributed by atoms with Gasteiger partial charge in [-0.1, -0.05) is 0 Å². The number of aryl methyl sites for hydroxylation is 2. The minimum absolute atomic E-state index is 0.0625. The van der Waals surface area contributed by atoms with Crippen LogP contribution in [0.25, 0.3) is 0 Å². The van der Waals surface area contributed by atoms with Gasteiger partial charge in [0.2, 0.25) is 11.9 Å². The molecule has 2 aromatic rings. The molecule has 2 rings (SSSR count). The molecule has 0 fully saturated rings. The third kappa shape index (κ3) is 6.84. The fourth-order valence-corrected chi connectivity index (χ4v) is 1.51. The van der Waals surface area contributed by atoms with E-state index in [1.807, 2.05) is 0 Å². The number of nitrogens with two attached hydrogens (primary N) is 2. The molecule has 0 aliphatic heterocycles. The molecule has 0 saturated heterocycles. The molecular weight excluding hydrogens is 320 g/mol. The zero-order chi connectivity index (χ0) is 18.3. The number of anilines is 2. The van der Waals surface area contributed by atoms with E-state index < -0.39 is 12.1 Å². The number of primary amides is 2. The SMILES string of the molecule is Cc1cc(=O)[nH]c(NC(N)=O)n1.Cc1cc(=O)[nH]c(NC(N)=O)n1. The van der Waals surface area contributed by atoms with E-state index in [0.29, 0.717) is 11.4 Å². The van der Waals surface area contributed by atoms with Crippen molar-refractivity contribution >= 4 is 24.0 Å². The summed E-state index contributed by atoms with van der Waals surface area (Å²) in [6, 6.07) is 1.10. The molecular formula is C12H16N8O4. The Balaban J connectivity index is 0.000000240. The fourth-order valence-electron chi connectivity index (χ4n) is 1.51. The number of carbonyl (C=O) groups is 2. The molecule has 0 unspecified atom stereocenters. The maximum atomic E-state index is 10.8. The van der Waals surface area contributed by atoms with Crippen LogP contribution in [0.1, 0.15) is 11.4 Å². The van der Waals surface area contributed by atoms with Crippen LogP contribution in [0.5, 0.6) is 0 Å². The van der Waals surface area contributed by atoms with Crippen molar-refractivity contribution in [2.75, 3.05) is 10.6 Å². The monoisotopic (exact) mass is 336 g/mol. The molecule has 0 aliphatic rings. The Morgan fingerprint density at radius 3 is 1.46 bits per heavy atom. The average molecular weight is 336 g/mol. The fraction of sp³-hybridized carbons (Fsp3) is 0.167. The Bertz CT molecular complexity index is 785. The van der Waals surface area contributed by atoms with Gasteiger partial charge in [-0.05, 0) is 13.8 Å². The number of amides is 4. The number of aromatic nitrogens is 4. The van der Waals surface area contributed by atoms with Crippen molar-refractivity contribution in [2.24, 2.45) is 11.5 Å². The van der Waals surface area contributed by atoms with Gasteiger partial charge in [0.15, 0.2) is 0 Å². The van der Waals surface area contributed by atoms with Crippen LogP contribution in [0, 0.1) is 13.8 Å². The quantitative estimate of drug-likeness (QED) is 0.411. The van der Waals surface area contributed by atoms with Crippen molar-refractivity contribution in [3.8, 4) is 0 Å². The molecule has 2 heterocycles. The number of carbonyl (C=O) groups excluding carboxylic acids is 2. The van der Waals surface area contributed by atoms with Crippen LogP contribution in [0.3, 0.4) is 0 Å². The number of urea groups is 2. The first-order valence-electron chi connectivity index (χ1n) is 6.44. The summed E-state index contributed by atoms with van der Waals surface area (Å²) in [5, 5.41) is 4.32. The molecule has 0 aliphatic carbocycles. The van der Waals surface area contributed by atoms with Gasteiger partial charge in [-0.3, -0.25) is 30.2 Å². The van der Waals surface area contributed by atoms with Crippen LogP contribution in [0.15, 0.2) is 21.7 Å². The molecule has 2 aromatic heterocycles. The lowest BCUT2D eigenvalue weighted by Crippen LogP contribution is -2.23. The van der Waals surface area contributed by atoms with E-state index in [1.54, 1.807) is 13.8 Å². The number of rotatable bonds is 2. The molecule has 12 heteroatoms. The van der Waals surface area contributed by atoms with Gasteiger partial charge in [0.1, 0.15) is 0 Å². The van der Waals surface area contributed by atoms with Crippen molar-refractivity contribution in [1.29, 1.82) is 0 Å². The topological polar surface area (TPSA) is 202 Å². The first kappa shape index (κ1) is 18.3. The van der Waals surface area contributed by atoms with E-state index in [0.717, 1.165) is 0 Å². The lowest BCUT2D eigenvalue weighted by molar-refractivity contribution is 0.258. The molecule has 0 atom stereocenters. The summed E-state index contributed by atoms with van der Waals surface area (Å²) >= 11 is 0. The summed E-state index contributed by atoms with van der Waals surface area (Å²) < 4.78 is 0. The second-order valence-corrected chi connectivity index (χ2v) is 4.45. The Hall–Kier alpha value is -3.70. The maximum Gasteiger partial charge on any atom is 0.318 e. The molecule has 0 spiro atoms. The number of nitrogens with zero attached hydrogens (tertiary/aromatic N) is 2. The Kier molecular flexibility index (Phi) is 6.17. The summed E-state index contributed by atoms with van der Waals surface area (Å²) in [4.78, 5) is 54.5. The first-order valence-corrected chi connectivity index (χ1v) is 6.44. The lowest BCUT2D eigenvalue weighted by Gasteiger charge is -1.99. The molecule has 0 bridgehead atoms. The molecule has 0 aromatic carbocycles. The number of H-pyrrole nitrogens is 2. The summed E-state index contributed by atoms with van der Waals surface area (Å²) in [6.07, 6.45) is 0. The van der Waals surface area contributed by atoms with E-state index >= 15 is 0 Å². The van der Waals surface area contributed by atoms with Gasteiger partial charge in [-0.15, -0.1) is 0 Å². The number of hydrogen-bond donors (Lipinski definition) is 6. The van der Waals surface area contributed by atoms with Crippen LogP contribution >= 0.6 is 0 Å². The van der Waals surface area contributed by atoms with Gasteiger partial charge >= 0.3 is 12.1 Å². The number of nitrogens with one attached hydrogen (secondary N) is 4. The number of hydrogen-bond acceptors (Lipinski definition) is 6. The summed E-state index contributed by atoms with van der Waals surface area (Å²) in [7, 11) is 0. The third-order valence-electron chi connectivity index (χ3n) is 2.22. The van der Waals surface area contributed by atoms with Crippen molar-refractivity contribution in [2.45, 2.75) is 13.8 Å². The van der Waals surface area contributed by atoms with Crippen LogP contribution < -0.4 is 33.2 Å².